The lowest BCUT2D eigenvalue weighted by Crippen LogP contribution is -2.26. The molecule has 1 aliphatic heterocycles. The Hall–Kier alpha value is -2.01. The van der Waals surface area contributed by atoms with E-state index in [1.165, 1.54) is 18.7 Å². The predicted octanol–water partition coefficient (Wildman–Crippen LogP) is 3.07. The van der Waals surface area contributed by atoms with Crippen LogP contribution >= 0.6 is 11.8 Å². The van der Waals surface area contributed by atoms with E-state index in [-0.39, 0.29) is 23.0 Å². The molecular weight excluding hydrogens is 286 g/mol. The highest BCUT2D eigenvalue weighted by Crippen LogP contribution is 2.40. The molecule has 108 valence electrons. The molecule has 5 heteroatoms. The molecule has 0 saturated heterocycles. The Bertz CT molecular complexity index is 739. The zero-order valence-corrected chi connectivity index (χ0v) is 12.6. The molecule has 1 aromatic heterocycles. The molecule has 2 aromatic rings. The number of nitrogens with zero attached hydrogens (tertiary/aromatic N) is 1. The van der Waals surface area contributed by atoms with Gasteiger partial charge in [-0.05, 0) is 24.1 Å². The van der Waals surface area contributed by atoms with Crippen LogP contribution in [-0.2, 0) is 9.53 Å². The smallest absolute Gasteiger partial charge is 0.303 e. The fourth-order valence-electron chi connectivity index (χ4n) is 2.47. The third-order valence-electron chi connectivity index (χ3n) is 3.46. The van der Waals surface area contributed by atoms with E-state index in [9.17, 15) is 9.59 Å². The Morgan fingerprint density at radius 1 is 1.19 bits per heavy atom. The van der Waals surface area contributed by atoms with Gasteiger partial charge in [-0.25, -0.2) is 0 Å². The van der Waals surface area contributed by atoms with Crippen molar-refractivity contribution in [3.8, 4) is 11.1 Å². The number of hydrogen-bond acceptors (Lipinski definition) is 4. The second kappa shape index (κ2) is 5.41. The van der Waals surface area contributed by atoms with Crippen molar-refractivity contribution < 1.29 is 9.53 Å². The van der Waals surface area contributed by atoms with Crippen LogP contribution in [0.1, 0.15) is 19.9 Å². The first-order chi connectivity index (χ1) is 10.1. The monoisotopic (exact) mass is 301 g/mol. The summed E-state index contributed by atoms with van der Waals surface area (Å²) in [5.41, 5.74) is 1.47. The second-order valence-electron chi connectivity index (χ2n) is 4.99. The van der Waals surface area contributed by atoms with Crippen molar-refractivity contribution in [2.75, 3.05) is 0 Å². The van der Waals surface area contributed by atoms with Gasteiger partial charge in [0.2, 0.25) is 0 Å². The zero-order chi connectivity index (χ0) is 15.0. The standard InChI is InChI=1S/C16H15NO3S/c1-10-16(20-11(2)18)21-15-9-13(8-14(19)17(10)15)12-6-4-3-5-7-12/h3-10,16H,1-2H3. The quantitative estimate of drug-likeness (QED) is 0.800. The molecule has 0 aliphatic carbocycles. The molecule has 1 aliphatic rings. The molecule has 1 aromatic carbocycles. The first kappa shape index (κ1) is 13.9. The van der Waals surface area contributed by atoms with Crippen LogP contribution in [0.5, 0.6) is 0 Å². The van der Waals surface area contributed by atoms with E-state index in [0.717, 1.165) is 16.2 Å². The summed E-state index contributed by atoms with van der Waals surface area (Å²) in [4.78, 5) is 23.5. The number of thioether (sulfide) groups is 1. The highest BCUT2D eigenvalue weighted by Gasteiger charge is 2.33. The first-order valence-corrected chi connectivity index (χ1v) is 7.60. The van der Waals surface area contributed by atoms with Gasteiger partial charge in [0.1, 0.15) is 0 Å². The van der Waals surface area contributed by atoms with Gasteiger partial charge in [-0.15, -0.1) is 0 Å². The highest BCUT2D eigenvalue weighted by molar-refractivity contribution is 8.00. The van der Waals surface area contributed by atoms with E-state index < -0.39 is 0 Å². The van der Waals surface area contributed by atoms with Crippen molar-refractivity contribution in [2.45, 2.75) is 30.4 Å². The van der Waals surface area contributed by atoms with E-state index in [0.29, 0.717) is 0 Å². The summed E-state index contributed by atoms with van der Waals surface area (Å²) >= 11 is 1.42. The number of fused-ring (bicyclic) bond motifs is 1. The molecule has 0 fully saturated rings. The van der Waals surface area contributed by atoms with Crippen molar-refractivity contribution in [3.05, 3.63) is 52.8 Å². The molecule has 0 bridgehead atoms. The number of carbonyl (C=O) groups excluding carboxylic acids is 1. The zero-order valence-electron chi connectivity index (χ0n) is 11.8. The summed E-state index contributed by atoms with van der Waals surface area (Å²) in [6.07, 6.45) is 0. The van der Waals surface area contributed by atoms with Gasteiger partial charge in [-0.1, -0.05) is 42.1 Å². The SMILES string of the molecule is CC(=O)OC1Sc2cc(-c3ccccc3)cc(=O)n2C1C. The van der Waals surface area contributed by atoms with Crippen molar-refractivity contribution in [1.29, 1.82) is 0 Å². The maximum Gasteiger partial charge on any atom is 0.303 e. The molecule has 0 saturated carbocycles. The van der Waals surface area contributed by atoms with Crippen LogP contribution in [0.25, 0.3) is 11.1 Å². The van der Waals surface area contributed by atoms with Gasteiger partial charge in [0.15, 0.2) is 5.44 Å². The van der Waals surface area contributed by atoms with E-state index in [1.807, 2.05) is 43.3 Å². The predicted molar refractivity (Wildman–Crippen MR) is 82.3 cm³/mol. The van der Waals surface area contributed by atoms with E-state index in [1.54, 1.807) is 10.6 Å². The molecule has 21 heavy (non-hydrogen) atoms. The van der Waals surface area contributed by atoms with Crippen molar-refractivity contribution in [1.82, 2.24) is 4.57 Å². The lowest BCUT2D eigenvalue weighted by molar-refractivity contribution is -0.143. The van der Waals surface area contributed by atoms with E-state index in [2.05, 4.69) is 0 Å². The van der Waals surface area contributed by atoms with E-state index in [4.69, 9.17) is 4.74 Å². The van der Waals surface area contributed by atoms with Gasteiger partial charge in [0.05, 0.1) is 11.1 Å². The molecule has 0 N–H and O–H groups in total. The summed E-state index contributed by atoms with van der Waals surface area (Å²) in [7, 11) is 0. The highest BCUT2D eigenvalue weighted by atomic mass is 32.2. The summed E-state index contributed by atoms with van der Waals surface area (Å²) in [6, 6.07) is 13.2. The van der Waals surface area contributed by atoms with Crippen molar-refractivity contribution in [3.63, 3.8) is 0 Å². The average molecular weight is 301 g/mol. The number of esters is 1. The Kier molecular flexibility index (Phi) is 3.59. The van der Waals surface area contributed by atoms with Gasteiger partial charge in [0, 0.05) is 13.0 Å². The number of hydrogen-bond donors (Lipinski definition) is 0. The molecule has 0 radical (unpaired) electrons. The summed E-state index contributed by atoms with van der Waals surface area (Å²) in [5.74, 6) is -0.330. The normalized spacial score (nSPS) is 20.1. The van der Waals surface area contributed by atoms with E-state index >= 15 is 0 Å². The molecule has 0 amide bonds. The lowest BCUT2D eigenvalue weighted by atomic mass is 10.1. The lowest BCUT2D eigenvalue weighted by Gasteiger charge is -2.15. The van der Waals surface area contributed by atoms with Gasteiger partial charge >= 0.3 is 5.97 Å². The fraction of sp³-hybridized carbons (Fsp3) is 0.250. The third kappa shape index (κ3) is 2.61. The average Bonchev–Trinajstić information content (AvgIpc) is 2.76. The van der Waals surface area contributed by atoms with Gasteiger partial charge in [0.25, 0.3) is 5.56 Å². The largest absolute Gasteiger partial charge is 0.449 e. The van der Waals surface area contributed by atoms with Crippen molar-refractivity contribution >= 4 is 17.7 Å². The van der Waals surface area contributed by atoms with Crippen LogP contribution in [0.4, 0.5) is 0 Å². The maximum absolute atomic E-state index is 12.4. The molecule has 3 rings (SSSR count). The van der Waals surface area contributed by atoms with Crippen molar-refractivity contribution in [2.24, 2.45) is 0 Å². The van der Waals surface area contributed by atoms with Gasteiger partial charge < -0.3 is 4.74 Å². The molecule has 2 unspecified atom stereocenters. The first-order valence-electron chi connectivity index (χ1n) is 6.72. The Morgan fingerprint density at radius 2 is 1.90 bits per heavy atom. The topological polar surface area (TPSA) is 48.3 Å². The summed E-state index contributed by atoms with van der Waals surface area (Å²) < 4.78 is 6.96. The van der Waals surface area contributed by atoms with Crippen LogP contribution in [0.2, 0.25) is 0 Å². The Labute approximate surface area is 126 Å². The van der Waals surface area contributed by atoms with Crippen LogP contribution in [0.15, 0.2) is 52.3 Å². The second-order valence-corrected chi connectivity index (χ2v) is 6.11. The molecular formula is C16H15NO3S. The maximum atomic E-state index is 12.4. The third-order valence-corrected chi connectivity index (χ3v) is 4.74. The Morgan fingerprint density at radius 3 is 2.57 bits per heavy atom. The van der Waals surface area contributed by atoms with Crippen LogP contribution in [0, 0.1) is 0 Å². The minimum absolute atomic E-state index is 0.0685. The Balaban J connectivity index is 2.02. The van der Waals surface area contributed by atoms with Gasteiger partial charge in [-0.3, -0.25) is 14.2 Å². The molecule has 2 heterocycles. The number of carbonyl (C=O) groups is 1. The molecule has 2 atom stereocenters. The van der Waals surface area contributed by atoms with Crippen LogP contribution < -0.4 is 5.56 Å². The van der Waals surface area contributed by atoms with Crippen LogP contribution in [-0.4, -0.2) is 16.0 Å². The summed E-state index contributed by atoms with van der Waals surface area (Å²) in [6.45, 7) is 3.27. The molecule has 0 spiro atoms. The number of ether oxygens (including phenoxy) is 1. The molecule has 4 nitrogen and oxygen atoms in total. The number of rotatable bonds is 2. The fourth-order valence-corrected chi connectivity index (χ4v) is 3.78. The number of aromatic nitrogens is 1. The van der Waals surface area contributed by atoms with Crippen LogP contribution in [0.3, 0.4) is 0 Å². The number of benzene rings is 1. The minimum Gasteiger partial charge on any atom is -0.449 e. The summed E-state index contributed by atoms with van der Waals surface area (Å²) in [5, 5.41) is 0.833. The minimum atomic E-state index is -0.346. The van der Waals surface area contributed by atoms with Gasteiger partial charge in [-0.2, -0.15) is 0 Å². The number of pyridine rings is 1.